The van der Waals surface area contributed by atoms with Crippen LogP contribution in [-0.4, -0.2) is 21.3 Å². The summed E-state index contributed by atoms with van der Waals surface area (Å²) in [6, 6.07) is 7.60. The zero-order valence-corrected chi connectivity index (χ0v) is 9.58. The molecule has 0 spiro atoms. The van der Waals surface area contributed by atoms with Crippen LogP contribution in [-0.2, 0) is 7.05 Å². The second kappa shape index (κ2) is 3.89. The molecule has 1 aromatic carbocycles. The van der Waals surface area contributed by atoms with Gasteiger partial charge in [-0.3, -0.25) is 0 Å². The third-order valence-corrected chi connectivity index (χ3v) is 3.23. The van der Waals surface area contributed by atoms with Crippen LogP contribution < -0.4 is 4.74 Å². The number of para-hydroxylation sites is 1. The van der Waals surface area contributed by atoms with E-state index in [1.807, 2.05) is 42.1 Å². The lowest BCUT2D eigenvalue weighted by atomic mass is 9.92. The first-order valence-corrected chi connectivity index (χ1v) is 5.64. The fraction of sp³-hybridized carbons (Fsp3) is 0.308. The van der Waals surface area contributed by atoms with Crippen molar-refractivity contribution in [3.05, 3.63) is 48.0 Å². The Labute approximate surface area is 99.5 Å². The molecule has 2 atom stereocenters. The predicted molar refractivity (Wildman–Crippen MR) is 62.8 cm³/mol. The number of imidazole rings is 1. The molecule has 0 saturated carbocycles. The van der Waals surface area contributed by atoms with Crippen molar-refractivity contribution in [1.29, 1.82) is 0 Å². The average molecular weight is 230 g/mol. The summed E-state index contributed by atoms with van der Waals surface area (Å²) in [5, 5.41) is 10.4. The number of nitrogens with zero attached hydrogens (tertiary/aromatic N) is 2. The van der Waals surface area contributed by atoms with Crippen molar-refractivity contribution < 1.29 is 9.84 Å². The maximum absolute atomic E-state index is 10.4. The van der Waals surface area contributed by atoms with Gasteiger partial charge in [0, 0.05) is 25.0 Å². The predicted octanol–water partition coefficient (Wildman–Crippen LogP) is 1.63. The second-order valence-corrected chi connectivity index (χ2v) is 4.30. The van der Waals surface area contributed by atoms with E-state index in [1.165, 1.54) is 0 Å². The van der Waals surface area contributed by atoms with Crippen molar-refractivity contribution in [3.63, 3.8) is 0 Å². The van der Waals surface area contributed by atoms with E-state index >= 15 is 0 Å². The summed E-state index contributed by atoms with van der Waals surface area (Å²) in [4.78, 5) is 4.29. The van der Waals surface area contributed by atoms with Crippen molar-refractivity contribution in [3.8, 4) is 5.75 Å². The van der Waals surface area contributed by atoms with E-state index in [0.29, 0.717) is 6.61 Å². The number of benzene rings is 1. The van der Waals surface area contributed by atoms with Gasteiger partial charge in [-0.1, -0.05) is 18.2 Å². The highest BCUT2D eigenvalue weighted by molar-refractivity contribution is 5.38. The van der Waals surface area contributed by atoms with Crippen LogP contribution in [0.4, 0.5) is 0 Å². The largest absolute Gasteiger partial charge is 0.492 e. The van der Waals surface area contributed by atoms with E-state index in [2.05, 4.69) is 4.98 Å². The first-order chi connectivity index (χ1) is 8.27. The molecule has 4 heteroatoms. The van der Waals surface area contributed by atoms with E-state index in [4.69, 9.17) is 4.74 Å². The summed E-state index contributed by atoms with van der Waals surface area (Å²) < 4.78 is 7.59. The maximum Gasteiger partial charge on any atom is 0.125 e. The van der Waals surface area contributed by atoms with Crippen LogP contribution in [0.15, 0.2) is 36.7 Å². The summed E-state index contributed by atoms with van der Waals surface area (Å²) in [6.45, 7) is 0.461. The summed E-state index contributed by atoms with van der Waals surface area (Å²) in [5.74, 6) is 1.52. The van der Waals surface area contributed by atoms with Gasteiger partial charge in [0.15, 0.2) is 0 Å². The van der Waals surface area contributed by atoms with Gasteiger partial charge in [0.05, 0.1) is 12.0 Å². The second-order valence-electron chi connectivity index (χ2n) is 4.30. The molecule has 4 nitrogen and oxygen atoms in total. The minimum absolute atomic E-state index is 0.107. The third-order valence-electron chi connectivity index (χ3n) is 3.23. The van der Waals surface area contributed by atoms with Gasteiger partial charge in [-0.25, -0.2) is 4.98 Å². The molecular formula is C13H14N2O2. The maximum atomic E-state index is 10.4. The topological polar surface area (TPSA) is 47.3 Å². The summed E-state index contributed by atoms with van der Waals surface area (Å²) >= 11 is 0. The number of aromatic nitrogens is 2. The fourth-order valence-electron chi connectivity index (χ4n) is 2.29. The quantitative estimate of drug-likeness (QED) is 0.810. The number of aliphatic hydroxyl groups excluding tert-OH is 1. The van der Waals surface area contributed by atoms with E-state index < -0.39 is 6.10 Å². The molecule has 0 saturated heterocycles. The zero-order chi connectivity index (χ0) is 11.8. The van der Waals surface area contributed by atoms with Crippen molar-refractivity contribution >= 4 is 0 Å². The number of fused-ring (bicyclic) bond motifs is 1. The normalized spacial score (nSPS) is 22.9. The van der Waals surface area contributed by atoms with Gasteiger partial charge in [-0.2, -0.15) is 0 Å². The Morgan fingerprint density at radius 3 is 3.00 bits per heavy atom. The molecule has 88 valence electrons. The Bertz CT molecular complexity index is 536. The van der Waals surface area contributed by atoms with E-state index in [-0.39, 0.29) is 5.92 Å². The summed E-state index contributed by atoms with van der Waals surface area (Å²) in [7, 11) is 1.93. The highest BCUT2D eigenvalue weighted by Gasteiger charge is 2.32. The fourth-order valence-corrected chi connectivity index (χ4v) is 2.29. The molecule has 0 bridgehead atoms. The number of ether oxygens (including phenoxy) is 1. The highest BCUT2D eigenvalue weighted by Crippen LogP contribution is 2.39. The number of rotatable bonds is 1. The Morgan fingerprint density at radius 1 is 1.41 bits per heavy atom. The van der Waals surface area contributed by atoms with Gasteiger partial charge in [-0.05, 0) is 6.07 Å². The van der Waals surface area contributed by atoms with Crippen LogP contribution >= 0.6 is 0 Å². The van der Waals surface area contributed by atoms with Gasteiger partial charge in [0.25, 0.3) is 0 Å². The van der Waals surface area contributed by atoms with Gasteiger partial charge in [0.1, 0.15) is 18.2 Å². The van der Waals surface area contributed by atoms with Gasteiger partial charge >= 0.3 is 0 Å². The molecule has 2 aromatic rings. The van der Waals surface area contributed by atoms with E-state index in [0.717, 1.165) is 17.1 Å². The average Bonchev–Trinajstić information content (AvgIpc) is 2.76. The van der Waals surface area contributed by atoms with Crippen LogP contribution in [0.25, 0.3) is 0 Å². The van der Waals surface area contributed by atoms with E-state index in [9.17, 15) is 5.11 Å². The van der Waals surface area contributed by atoms with Crippen LogP contribution in [0.3, 0.4) is 0 Å². The highest BCUT2D eigenvalue weighted by atomic mass is 16.5. The molecule has 17 heavy (non-hydrogen) atoms. The lowest BCUT2D eigenvalue weighted by Gasteiger charge is -2.29. The molecule has 2 unspecified atom stereocenters. The molecule has 0 amide bonds. The van der Waals surface area contributed by atoms with Crippen molar-refractivity contribution in [2.75, 3.05) is 6.61 Å². The molecule has 0 fully saturated rings. The monoisotopic (exact) mass is 230 g/mol. The van der Waals surface area contributed by atoms with Crippen LogP contribution in [0, 0.1) is 0 Å². The number of aliphatic hydroxyl groups is 1. The molecule has 1 aliphatic rings. The Balaban J connectivity index is 2.00. The van der Waals surface area contributed by atoms with Crippen LogP contribution in [0.2, 0.25) is 0 Å². The minimum atomic E-state index is -0.555. The van der Waals surface area contributed by atoms with Crippen molar-refractivity contribution in [2.24, 2.45) is 7.05 Å². The van der Waals surface area contributed by atoms with E-state index in [1.54, 1.807) is 6.20 Å². The minimum Gasteiger partial charge on any atom is -0.492 e. The SMILES string of the molecule is Cn1ccnc1C1COc2ccccc2C1O. The molecule has 2 heterocycles. The Kier molecular flexibility index (Phi) is 2.37. The lowest BCUT2D eigenvalue weighted by Crippen LogP contribution is -2.26. The molecule has 1 aromatic heterocycles. The first kappa shape index (κ1) is 10.4. The molecule has 0 aliphatic carbocycles. The number of aryl methyl sites for hydroxylation is 1. The van der Waals surface area contributed by atoms with Gasteiger partial charge in [-0.15, -0.1) is 0 Å². The standard InChI is InChI=1S/C13H14N2O2/c1-15-7-6-14-13(15)10-8-17-11-5-3-2-4-9(11)12(10)16/h2-7,10,12,16H,8H2,1H3. The van der Waals surface area contributed by atoms with Crippen molar-refractivity contribution in [2.45, 2.75) is 12.0 Å². The number of hydrogen-bond donors (Lipinski definition) is 1. The molecule has 0 radical (unpaired) electrons. The van der Waals surface area contributed by atoms with Crippen LogP contribution in [0.5, 0.6) is 5.75 Å². The smallest absolute Gasteiger partial charge is 0.125 e. The molecule has 1 N–H and O–H groups in total. The van der Waals surface area contributed by atoms with Gasteiger partial charge in [0.2, 0.25) is 0 Å². The van der Waals surface area contributed by atoms with Gasteiger partial charge < -0.3 is 14.4 Å². The Hall–Kier alpha value is -1.81. The van der Waals surface area contributed by atoms with Crippen molar-refractivity contribution in [1.82, 2.24) is 9.55 Å². The summed E-state index contributed by atoms with van der Waals surface area (Å²) in [5.41, 5.74) is 0.840. The Morgan fingerprint density at radius 2 is 2.24 bits per heavy atom. The summed E-state index contributed by atoms with van der Waals surface area (Å²) in [6.07, 6.45) is 3.06. The lowest BCUT2D eigenvalue weighted by molar-refractivity contribution is 0.0840. The zero-order valence-electron chi connectivity index (χ0n) is 9.58. The molecular weight excluding hydrogens is 216 g/mol. The van der Waals surface area contributed by atoms with Crippen LogP contribution in [0.1, 0.15) is 23.4 Å². The first-order valence-electron chi connectivity index (χ1n) is 5.64. The third kappa shape index (κ3) is 1.61. The molecule has 3 rings (SSSR count). The molecule has 1 aliphatic heterocycles. The number of hydrogen-bond acceptors (Lipinski definition) is 3.